The molecule has 49 heavy (non-hydrogen) atoms. The maximum absolute atomic E-state index is 11.7. The van der Waals surface area contributed by atoms with Crippen molar-refractivity contribution in [1.82, 2.24) is 0 Å². The first-order valence-electron chi connectivity index (χ1n) is 17.8. The number of ether oxygens (including phenoxy) is 1. The third-order valence-electron chi connectivity index (χ3n) is 10.2. The molecular weight excluding hydrogens is 610 g/mol. The van der Waals surface area contributed by atoms with E-state index in [-0.39, 0.29) is 23.3 Å². The summed E-state index contributed by atoms with van der Waals surface area (Å²) in [6.45, 7) is 12.6. The number of carbonyl (C=O) groups excluding carboxylic acids is 1. The summed E-state index contributed by atoms with van der Waals surface area (Å²) in [5, 5.41) is 10.6. The predicted molar refractivity (Wildman–Crippen MR) is 206 cm³/mol. The SMILES string of the molecule is CC.CC(=NC1=C(C)N=C(C23CCC(C=O)(CC2)CC3)CC1)/C(=C(\N)c1cccc(N)c1C=NCC(O)c1ccccc1)C(C)C.COC. The number of aliphatic hydroxyl groups is 1. The van der Waals surface area contributed by atoms with Crippen molar-refractivity contribution in [2.24, 2.45) is 37.5 Å². The monoisotopic (exact) mass is 669 g/mol. The average molecular weight is 670 g/mol. The van der Waals surface area contributed by atoms with Gasteiger partial charge < -0.3 is 26.1 Å². The highest BCUT2D eigenvalue weighted by Gasteiger charge is 2.51. The van der Waals surface area contributed by atoms with Gasteiger partial charge in [-0.2, -0.15) is 0 Å². The number of fused-ring (bicyclic) bond motifs is 3. The molecule has 1 heterocycles. The lowest BCUT2D eigenvalue weighted by atomic mass is 9.52. The van der Waals surface area contributed by atoms with Crippen molar-refractivity contribution >= 4 is 35.3 Å². The van der Waals surface area contributed by atoms with E-state index in [0.29, 0.717) is 11.4 Å². The molecule has 2 aromatic carbocycles. The van der Waals surface area contributed by atoms with Gasteiger partial charge in [0.15, 0.2) is 0 Å². The molecule has 0 radical (unpaired) electrons. The Labute approximate surface area is 294 Å². The van der Waals surface area contributed by atoms with Crippen LogP contribution in [0.3, 0.4) is 0 Å². The summed E-state index contributed by atoms with van der Waals surface area (Å²) < 4.78 is 4.25. The number of rotatable bonds is 10. The highest BCUT2D eigenvalue weighted by Crippen LogP contribution is 2.57. The van der Waals surface area contributed by atoms with Crippen LogP contribution in [-0.4, -0.2) is 49.8 Å². The third-order valence-corrected chi connectivity index (χ3v) is 10.2. The second-order valence-electron chi connectivity index (χ2n) is 13.7. The zero-order valence-corrected chi connectivity index (χ0v) is 31.1. The number of carbonyl (C=O) groups is 1. The number of hydrogen-bond donors (Lipinski definition) is 3. The Morgan fingerprint density at radius 3 is 2.16 bits per heavy atom. The first-order chi connectivity index (χ1) is 23.5. The number of aldehydes is 1. The highest BCUT2D eigenvalue weighted by molar-refractivity contribution is 6.07. The number of hydrogen-bond acceptors (Lipinski definition) is 8. The fraction of sp³-hybridized carbons (Fsp3) is 0.512. The van der Waals surface area contributed by atoms with Crippen LogP contribution in [-0.2, 0) is 9.53 Å². The normalized spacial score (nSPS) is 23.2. The molecule has 5 N–H and O–H groups in total. The van der Waals surface area contributed by atoms with Crippen LogP contribution in [0.1, 0.15) is 116 Å². The Bertz CT molecular complexity index is 1540. The predicted octanol–water partition coefficient (Wildman–Crippen LogP) is 8.50. The zero-order chi connectivity index (χ0) is 36.2. The largest absolute Gasteiger partial charge is 0.398 e. The van der Waals surface area contributed by atoms with Crippen molar-refractivity contribution in [1.29, 1.82) is 0 Å². The van der Waals surface area contributed by atoms with Gasteiger partial charge >= 0.3 is 0 Å². The third kappa shape index (κ3) is 9.43. The van der Waals surface area contributed by atoms with Crippen molar-refractivity contribution in [3.05, 3.63) is 82.2 Å². The quantitative estimate of drug-likeness (QED) is 0.132. The molecule has 266 valence electrons. The van der Waals surface area contributed by atoms with Crippen molar-refractivity contribution in [2.45, 2.75) is 99.0 Å². The number of nitrogens with two attached hydrogens (primary N) is 2. The molecule has 3 fully saturated rings. The van der Waals surface area contributed by atoms with Gasteiger partial charge in [-0.25, -0.2) is 0 Å². The van der Waals surface area contributed by atoms with Crippen molar-refractivity contribution in [3.63, 3.8) is 0 Å². The lowest BCUT2D eigenvalue weighted by Gasteiger charge is -2.52. The molecule has 1 aliphatic heterocycles. The fourth-order valence-electron chi connectivity index (χ4n) is 7.40. The van der Waals surface area contributed by atoms with Crippen LogP contribution in [0.4, 0.5) is 5.69 Å². The number of aliphatic hydroxyl groups excluding tert-OH is 1. The number of anilines is 1. The van der Waals surface area contributed by atoms with Crippen LogP contribution in [0.15, 0.2) is 80.5 Å². The van der Waals surface area contributed by atoms with Crippen LogP contribution in [0, 0.1) is 16.7 Å². The molecule has 8 nitrogen and oxygen atoms in total. The van der Waals surface area contributed by atoms with Gasteiger partial charge in [0.25, 0.3) is 0 Å². The Morgan fingerprint density at radius 1 is 1.00 bits per heavy atom. The van der Waals surface area contributed by atoms with Crippen molar-refractivity contribution in [3.8, 4) is 0 Å². The molecule has 0 saturated heterocycles. The molecule has 8 heteroatoms. The minimum absolute atomic E-state index is 0.0769. The fourth-order valence-corrected chi connectivity index (χ4v) is 7.40. The summed E-state index contributed by atoms with van der Waals surface area (Å²) in [5.74, 6) is 0.120. The molecule has 0 aromatic heterocycles. The maximum Gasteiger partial charge on any atom is 0.126 e. The minimum Gasteiger partial charge on any atom is -0.398 e. The standard InChI is InChI=1S/C37H47N5O2.C2H6O.C2H6/c1-24(2)34(35(39)28-11-8-12-30(38)29(28)21-40-22-32(44)27-9-6-5-7-10-27)26(4)41-31-13-14-33(42-25(31)3)37-18-15-36(23-43,16-19-37)17-20-37;1-3-2;1-2/h5-12,21,23-24,32,44H,13-20,22,38-39H2,1-4H3;1-2H3;1-2H3/b35-34-,40-21?,41-26?;;. The van der Waals surface area contributed by atoms with E-state index in [0.717, 1.165) is 90.7 Å². The molecule has 1 unspecified atom stereocenters. The Hall–Kier alpha value is -3.88. The number of allylic oxidation sites excluding steroid dienone is 3. The highest BCUT2D eigenvalue weighted by atomic mass is 16.4. The number of nitrogens with zero attached hydrogens (tertiary/aromatic N) is 3. The van der Waals surface area contributed by atoms with E-state index in [4.69, 9.17) is 21.5 Å². The lowest BCUT2D eigenvalue weighted by molar-refractivity contribution is -0.122. The van der Waals surface area contributed by atoms with E-state index in [1.54, 1.807) is 20.4 Å². The van der Waals surface area contributed by atoms with Gasteiger partial charge in [-0.05, 0) is 88.3 Å². The Morgan fingerprint density at radius 2 is 1.61 bits per heavy atom. The van der Waals surface area contributed by atoms with E-state index in [9.17, 15) is 9.90 Å². The molecule has 3 aliphatic carbocycles. The summed E-state index contributed by atoms with van der Waals surface area (Å²) in [4.78, 5) is 26.6. The van der Waals surface area contributed by atoms with E-state index >= 15 is 0 Å². The molecule has 0 spiro atoms. The van der Waals surface area contributed by atoms with Gasteiger partial charge in [-0.3, -0.25) is 15.0 Å². The minimum atomic E-state index is -0.703. The topological polar surface area (TPSA) is 136 Å². The van der Waals surface area contributed by atoms with Crippen LogP contribution in [0.5, 0.6) is 0 Å². The Kier molecular flexibility index (Phi) is 14.7. The van der Waals surface area contributed by atoms with Gasteiger partial charge in [0.2, 0.25) is 0 Å². The molecule has 2 aromatic rings. The Balaban J connectivity index is 0.00000123. The van der Waals surface area contributed by atoms with Gasteiger partial charge in [0.1, 0.15) is 6.29 Å². The summed E-state index contributed by atoms with van der Waals surface area (Å²) >= 11 is 0. The first kappa shape index (κ1) is 39.6. The number of methoxy groups -OCH3 is 1. The van der Waals surface area contributed by atoms with Crippen molar-refractivity contribution in [2.75, 3.05) is 26.5 Å². The summed E-state index contributed by atoms with van der Waals surface area (Å²) in [7, 11) is 3.25. The molecule has 4 aliphatic rings. The number of nitrogen functional groups attached to an aromatic ring is 1. The first-order valence-corrected chi connectivity index (χ1v) is 17.8. The summed E-state index contributed by atoms with van der Waals surface area (Å²) in [6.07, 6.45) is 10.2. The molecule has 0 amide bonds. The van der Waals surface area contributed by atoms with E-state index in [2.05, 4.69) is 30.5 Å². The van der Waals surface area contributed by atoms with E-state index in [1.807, 2.05) is 69.3 Å². The van der Waals surface area contributed by atoms with Gasteiger partial charge in [-0.15, -0.1) is 0 Å². The molecule has 1 atom stereocenters. The van der Waals surface area contributed by atoms with E-state index < -0.39 is 6.10 Å². The number of aliphatic imine (C=N–C) groups is 3. The summed E-state index contributed by atoms with van der Waals surface area (Å²) in [6, 6.07) is 15.2. The van der Waals surface area contributed by atoms with Crippen LogP contribution < -0.4 is 11.5 Å². The van der Waals surface area contributed by atoms with Gasteiger partial charge in [0.05, 0.1) is 24.0 Å². The van der Waals surface area contributed by atoms with Crippen LogP contribution in [0.25, 0.3) is 5.70 Å². The van der Waals surface area contributed by atoms with Crippen LogP contribution >= 0.6 is 0 Å². The second-order valence-corrected chi connectivity index (χ2v) is 13.7. The number of benzene rings is 2. The molecule has 6 rings (SSSR count). The van der Waals surface area contributed by atoms with Gasteiger partial charge in [-0.1, -0.05) is 70.2 Å². The second kappa shape index (κ2) is 18.2. The zero-order valence-electron chi connectivity index (χ0n) is 31.1. The lowest BCUT2D eigenvalue weighted by Crippen LogP contribution is -2.46. The van der Waals surface area contributed by atoms with Crippen LogP contribution in [0.2, 0.25) is 0 Å². The maximum atomic E-state index is 11.7. The summed E-state index contributed by atoms with van der Waals surface area (Å²) in [5.41, 5.74) is 22.1. The molecule has 3 saturated carbocycles. The molecule has 2 bridgehead atoms. The smallest absolute Gasteiger partial charge is 0.126 e. The molecular formula is C41H59N5O3. The van der Waals surface area contributed by atoms with Crippen molar-refractivity contribution < 1.29 is 14.6 Å². The average Bonchev–Trinajstić information content (AvgIpc) is 3.12. The van der Waals surface area contributed by atoms with E-state index in [1.165, 1.54) is 12.0 Å². The van der Waals surface area contributed by atoms with Gasteiger partial charge in [0, 0.05) is 65.2 Å².